The van der Waals surface area contributed by atoms with Crippen LogP contribution in [0.1, 0.15) is 27.2 Å². The van der Waals surface area contributed by atoms with Crippen LogP contribution >= 0.6 is 0 Å². The summed E-state index contributed by atoms with van der Waals surface area (Å²) >= 11 is 0. The Morgan fingerprint density at radius 3 is 2.83 bits per heavy atom. The van der Waals surface area contributed by atoms with E-state index in [4.69, 9.17) is 14.4 Å². The number of benzene rings is 1. The number of rotatable bonds is 3. The first-order chi connectivity index (χ1) is 8.72. The maximum Gasteiger partial charge on any atom is 0.374 e. The van der Waals surface area contributed by atoms with Gasteiger partial charge < -0.3 is 9.15 Å². The molecule has 0 aliphatic rings. The average molecular weight is 241 g/mol. The molecule has 0 aliphatic carbocycles. The van der Waals surface area contributed by atoms with Gasteiger partial charge in [0, 0.05) is 11.1 Å². The van der Waals surface area contributed by atoms with Crippen LogP contribution in [0.15, 0.2) is 41.0 Å². The van der Waals surface area contributed by atoms with Gasteiger partial charge in [0.25, 0.3) is 0 Å². The largest absolute Gasteiger partial charge is 0.457 e. The number of carbonyl (C=O) groups excluding carboxylic acids is 1. The molecule has 0 amide bonds. The maximum atomic E-state index is 11.7. The van der Waals surface area contributed by atoms with Crippen molar-refractivity contribution in [1.82, 2.24) is 0 Å². The van der Waals surface area contributed by atoms with Crippen molar-refractivity contribution in [2.24, 2.45) is 0 Å². The Morgan fingerprint density at radius 1 is 1.39 bits per heavy atom. The van der Waals surface area contributed by atoms with Crippen molar-refractivity contribution in [2.75, 3.05) is 0 Å². The molecule has 2 rings (SSSR count). The first kappa shape index (κ1) is 11.9. The van der Waals surface area contributed by atoms with E-state index in [2.05, 4.69) is 6.07 Å². The number of nitrogens with zero attached hydrogens (tertiary/aromatic N) is 1. The summed E-state index contributed by atoms with van der Waals surface area (Å²) in [6.07, 6.45) is 1.44. The molecule has 18 heavy (non-hydrogen) atoms. The van der Waals surface area contributed by atoms with E-state index in [1.807, 2.05) is 0 Å². The van der Waals surface area contributed by atoms with Crippen LogP contribution in [0, 0.1) is 18.3 Å². The number of ether oxygens (including phenoxy) is 1. The van der Waals surface area contributed by atoms with Crippen LogP contribution in [0.5, 0.6) is 0 Å². The number of hydrogen-bond donors (Lipinski definition) is 0. The van der Waals surface area contributed by atoms with Crippen LogP contribution in [0.3, 0.4) is 0 Å². The first-order valence-electron chi connectivity index (χ1n) is 5.41. The summed E-state index contributed by atoms with van der Waals surface area (Å²) in [5.74, 6) is -0.324. The highest BCUT2D eigenvalue weighted by molar-refractivity contribution is 5.87. The lowest BCUT2D eigenvalue weighted by atomic mass is 10.1. The third-order valence-corrected chi connectivity index (χ3v) is 2.54. The predicted molar refractivity (Wildman–Crippen MR) is 63.7 cm³/mol. The molecule has 90 valence electrons. The van der Waals surface area contributed by atoms with Crippen LogP contribution < -0.4 is 0 Å². The van der Waals surface area contributed by atoms with E-state index in [1.165, 1.54) is 6.26 Å². The third kappa shape index (κ3) is 2.41. The Bertz CT molecular complexity index is 607. The molecule has 0 N–H and O–H groups in total. The molecule has 1 aromatic carbocycles. The topological polar surface area (TPSA) is 63.2 Å². The minimum atomic E-state index is -0.523. The van der Waals surface area contributed by atoms with Gasteiger partial charge in [-0.2, -0.15) is 5.26 Å². The zero-order valence-corrected chi connectivity index (χ0v) is 9.84. The van der Waals surface area contributed by atoms with E-state index in [0.717, 1.165) is 5.56 Å². The van der Waals surface area contributed by atoms with Crippen LogP contribution in [-0.4, -0.2) is 5.97 Å². The summed E-state index contributed by atoms with van der Waals surface area (Å²) in [5.41, 5.74) is 1.91. The molecule has 2 aromatic rings. The fourth-order valence-electron chi connectivity index (χ4n) is 1.55. The summed E-state index contributed by atoms with van der Waals surface area (Å²) in [7, 11) is 0. The predicted octanol–water partition coefficient (Wildman–Crippen LogP) is 2.82. The van der Waals surface area contributed by atoms with Gasteiger partial charge in [0.2, 0.25) is 5.76 Å². The van der Waals surface area contributed by atoms with Gasteiger partial charge in [-0.1, -0.05) is 18.2 Å². The molecular formula is C14H11NO3. The monoisotopic (exact) mass is 241 g/mol. The van der Waals surface area contributed by atoms with E-state index in [0.29, 0.717) is 11.1 Å². The van der Waals surface area contributed by atoms with Gasteiger partial charge in [0.05, 0.1) is 17.9 Å². The molecule has 4 heteroatoms. The van der Waals surface area contributed by atoms with Crippen molar-refractivity contribution >= 4 is 5.97 Å². The second kappa shape index (κ2) is 5.19. The normalized spacial score (nSPS) is 9.78. The van der Waals surface area contributed by atoms with E-state index in [-0.39, 0.29) is 12.4 Å². The quantitative estimate of drug-likeness (QED) is 0.775. The van der Waals surface area contributed by atoms with Crippen molar-refractivity contribution in [3.05, 3.63) is 59.0 Å². The molecule has 0 bridgehead atoms. The van der Waals surface area contributed by atoms with Crippen molar-refractivity contribution in [3.63, 3.8) is 0 Å². The fraction of sp³-hybridized carbons (Fsp3) is 0.143. The minimum Gasteiger partial charge on any atom is -0.457 e. The molecule has 1 heterocycles. The lowest BCUT2D eigenvalue weighted by Crippen LogP contribution is -2.06. The highest BCUT2D eigenvalue weighted by atomic mass is 16.5. The Morgan fingerprint density at radius 2 is 2.17 bits per heavy atom. The zero-order chi connectivity index (χ0) is 13.0. The second-order valence-corrected chi connectivity index (χ2v) is 3.78. The van der Waals surface area contributed by atoms with E-state index < -0.39 is 5.97 Å². The highest BCUT2D eigenvalue weighted by Crippen LogP contribution is 2.13. The standard InChI is InChI=1S/C14H11NO3/c1-10-6-7-17-13(10)14(16)18-9-12-5-3-2-4-11(12)8-15/h2-7H,9H2,1H3. The van der Waals surface area contributed by atoms with Crippen molar-refractivity contribution in [2.45, 2.75) is 13.5 Å². The average Bonchev–Trinajstić information content (AvgIpc) is 2.82. The van der Waals surface area contributed by atoms with Crippen molar-refractivity contribution < 1.29 is 13.9 Å². The highest BCUT2D eigenvalue weighted by Gasteiger charge is 2.14. The number of furan rings is 1. The fourth-order valence-corrected chi connectivity index (χ4v) is 1.55. The summed E-state index contributed by atoms with van der Waals surface area (Å²) in [6, 6.07) is 10.7. The van der Waals surface area contributed by atoms with Gasteiger partial charge in [-0.05, 0) is 19.1 Å². The molecule has 0 saturated heterocycles. The Labute approximate surface area is 104 Å². The van der Waals surface area contributed by atoms with Gasteiger partial charge >= 0.3 is 5.97 Å². The lowest BCUT2D eigenvalue weighted by Gasteiger charge is -2.05. The van der Waals surface area contributed by atoms with Crippen molar-refractivity contribution in [3.8, 4) is 6.07 Å². The second-order valence-electron chi connectivity index (χ2n) is 3.78. The third-order valence-electron chi connectivity index (χ3n) is 2.54. The van der Waals surface area contributed by atoms with Gasteiger partial charge in [-0.3, -0.25) is 0 Å². The number of hydrogen-bond acceptors (Lipinski definition) is 4. The van der Waals surface area contributed by atoms with E-state index >= 15 is 0 Å². The summed E-state index contributed by atoms with van der Waals surface area (Å²) < 4.78 is 10.1. The Kier molecular flexibility index (Phi) is 3.44. The Hall–Kier alpha value is -2.54. The molecule has 0 spiro atoms. The molecule has 0 radical (unpaired) electrons. The molecule has 0 unspecified atom stereocenters. The lowest BCUT2D eigenvalue weighted by molar-refractivity contribution is 0.0434. The van der Waals surface area contributed by atoms with Gasteiger partial charge in [-0.15, -0.1) is 0 Å². The van der Waals surface area contributed by atoms with Crippen LogP contribution in [-0.2, 0) is 11.3 Å². The van der Waals surface area contributed by atoms with E-state index in [9.17, 15) is 4.79 Å². The summed E-state index contributed by atoms with van der Waals surface area (Å²) in [5, 5.41) is 8.90. The van der Waals surface area contributed by atoms with Gasteiger partial charge in [0.15, 0.2) is 0 Å². The summed E-state index contributed by atoms with van der Waals surface area (Å²) in [4.78, 5) is 11.7. The van der Waals surface area contributed by atoms with Crippen LogP contribution in [0.25, 0.3) is 0 Å². The number of nitriles is 1. The zero-order valence-electron chi connectivity index (χ0n) is 9.84. The first-order valence-corrected chi connectivity index (χ1v) is 5.41. The summed E-state index contributed by atoms with van der Waals surface area (Å²) in [6.45, 7) is 1.83. The molecule has 0 aliphatic heterocycles. The SMILES string of the molecule is Cc1ccoc1C(=O)OCc1ccccc1C#N. The maximum absolute atomic E-state index is 11.7. The van der Waals surface area contributed by atoms with Crippen molar-refractivity contribution in [1.29, 1.82) is 5.26 Å². The van der Waals surface area contributed by atoms with E-state index in [1.54, 1.807) is 37.3 Å². The molecule has 0 saturated carbocycles. The smallest absolute Gasteiger partial charge is 0.374 e. The number of carbonyl (C=O) groups is 1. The molecule has 4 nitrogen and oxygen atoms in total. The van der Waals surface area contributed by atoms with Gasteiger partial charge in [0.1, 0.15) is 6.61 Å². The van der Waals surface area contributed by atoms with Gasteiger partial charge in [-0.25, -0.2) is 4.79 Å². The number of aryl methyl sites for hydroxylation is 1. The molecule has 0 fully saturated rings. The molecule has 1 aromatic heterocycles. The minimum absolute atomic E-state index is 0.0582. The van der Waals surface area contributed by atoms with Crippen LogP contribution in [0.4, 0.5) is 0 Å². The molecular weight excluding hydrogens is 230 g/mol. The Balaban J connectivity index is 2.07. The number of esters is 1. The molecule has 0 atom stereocenters. The van der Waals surface area contributed by atoms with Crippen LogP contribution in [0.2, 0.25) is 0 Å².